The monoisotopic (exact) mass is 288 g/mol. The fourth-order valence-corrected chi connectivity index (χ4v) is 3.83. The van der Waals surface area contributed by atoms with Crippen molar-refractivity contribution < 1.29 is 4.39 Å². The molecular formula is C14H13FN4S. The van der Waals surface area contributed by atoms with Gasteiger partial charge in [0.25, 0.3) is 0 Å². The summed E-state index contributed by atoms with van der Waals surface area (Å²) in [5, 5.41) is 6.95. The van der Waals surface area contributed by atoms with Crippen LogP contribution in [0.3, 0.4) is 0 Å². The van der Waals surface area contributed by atoms with Crippen molar-refractivity contribution in [3.8, 4) is 0 Å². The molecule has 1 aliphatic rings. The number of hydrogen-bond acceptors (Lipinski definition) is 3. The van der Waals surface area contributed by atoms with Crippen LogP contribution in [0.2, 0.25) is 0 Å². The summed E-state index contributed by atoms with van der Waals surface area (Å²) < 4.78 is 13.1. The molecule has 0 aliphatic heterocycles. The number of hydrogen-bond donors (Lipinski definition) is 0. The first-order valence-corrected chi connectivity index (χ1v) is 7.36. The Bertz CT molecular complexity index is 619. The summed E-state index contributed by atoms with van der Waals surface area (Å²) in [5.74, 6) is 0.0755. The lowest BCUT2D eigenvalue weighted by Crippen LogP contribution is -2.14. The highest BCUT2D eigenvalue weighted by Gasteiger charge is 2.38. The lowest BCUT2D eigenvalue weighted by atomic mass is 9.87. The molecule has 0 spiro atoms. The maximum absolute atomic E-state index is 13.1. The van der Waals surface area contributed by atoms with Crippen molar-refractivity contribution in [3.63, 3.8) is 0 Å². The normalized spacial score (nSPS) is 25.4. The third-order valence-corrected chi connectivity index (χ3v) is 4.75. The number of rotatable bonds is 3. The van der Waals surface area contributed by atoms with Crippen LogP contribution < -0.4 is 0 Å². The van der Waals surface area contributed by atoms with Gasteiger partial charge in [0.15, 0.2) is 0 Å². The van der Waals surface area contributed by atoms with Gasteiger partial charge in [-0.05, 0) is 36.1 Å². The lowest BCUT2D eigenvalue weighted by molar-refractivity contribution is 0.559. The van der Waals surface area contributed by atoms with E-state index in [4.69, 9.17) is 5.53 Å². The Balaban J connectivity index is 1.99. The maximum atomic E-state index is 13.1. The van der Waals surface area contributed by atoms with Gasteiger partial charge in [-0.1, -0.05) is 17.2 Å². The van der Waals surface area contributed by atoms with Gasteiger partial charge >= 0.3 is 0 Å². The number of benzene rings is 1. The van der Waals surface area contributed by atoms with E-state index in [-0.39, 0.29) is 23.7 Å². The average molecular weight is 288 g/mol. The highest BCUT2D eigenvalue weighted by Crippen LogP contribution is 2.48. The van der Waals surface area contributed by atoms with Gasteiger partial charge in [0, 0.05) is 34.4 Å². The third-order valence-electron chi connectivity index (χ3n) is 3.84. The second-order valence-corrected chi connectivity index (χ2v) is 5.83. The highest BCUT2D eigenvalue weighted by atomic mass is 32.1. The minimum Gasteiger partial charge on any atom is -0.249 e. The number of halogens is 1. The number of nitrogens with zero attached hydrogens (tertiary/aromatic N) is 4. The van der Waals surface area contributed by atoms with Gasteiger partial charge in [0.1, 0.15) is 5.82 Å². The quantitative estimate of drug-likeness (QED) is 0.461. The van der Waals surface area contributed by atoms with Crippen LogP contribution in [0, 0.1) is 5.82 Å². The first-order chi connectivity index (χ1) is 9.79. The molecule has 1 aliphatic carbocycles. The van der Waals surface area contributed by atoms with E-state index >= 15 is 0 Å². The van der Waals surface area contributed by atoms with Crippen molar-refractivity contribution in [2.75, 3.05) is 0 Å². The van der Waals surface area contributed by atoms with Crippen LogP contribution in [0.4, 0.5) is 4.39 Å². The average Bonchev–Trinajstić information content (AvgIpc) is 3.09. The molecule has 0 radical (unpaired) electrons. The number of thiazole rings is 1. The summed E-state index contributed by atoms with van der Waals surface area (Å²) in [6, 6.07) is 6.40. The molecule has 1 heterocycles. The van der Waals surface area contributed by atoms with Crippen molar-refractivity contribution in [2.24, 2.45) is 5.11 Å². The zero-order chi connectivity index (χ0) is 13.9. The van der Waals surface area contributed by atoms with Crippen LogP contribution in [0.1, 0.15) is 35.2 Å². The predicted molar refractivity (Wildman–Crippen MR) is 76.2 cm³/mol. The zero-order valence-corrected chi connectivity index (χ0v) is 11.5. The van der Waals surface area contributed by atoms with Gasteiger partial charge < -0.3 is 0 Å². The first kappa shape index (κ1) is 13.1. The van der Waals surface area contributed by atoms with E-state index < -0.39 is 0 Å². The van der Waals surface area contributed by atoms with Gasteiger partial charge in [0.05, 0.1) is 5.01 Å². The molecule has 1 aromatic heterocycles. The Kier molecular flexibility index (Phi) is 3.67. The zero-order valence-electron chi connectivity index (χ0n) is 10.7. The van der Waals surface area contributed by atoms with Crippen LogP contribution >= 0.6 is 11.3 Å². The van der Waals surface area contributed by atoms with E-state index in [1.54, 1.807) is 29.7 Å². The summed E-state index contributed by atoms with van der Waals surface area (Å²) in [5.41, 5.74) is 9.75. The first-order valence-electron chi connectivity index (χ1n) is 6.48. The van der Waals surface area contributed by atoms with E-state index in [1.165, 1.54) is 12.1 Å². The van der Waals surface area contributed by atoms with Gasteiger partial charge in [-0.15, -0.1) is 11.3 Å². The van der Waals surface area contributed by atoms with Crippen molar-refractivity contribution in [1.82, 2.24) is 4.98 Å². The second-order valence-electron chi connectivity index (χ2n) is 4.90. The molecule has 1 aromatic carbocycles. The molecule has 3 unspecified atom stereocenters. The van der Waals surface area contributed by atoms with E-state index in [0.717, 1.165) is 23.4 Å². The molecule has 0 amide bonds. The Hall–Kier alpha value is -1.91. The van der Waals surface area contributed by atoms with Crippen LogP contribution in [0.15, 0.2) is 41.0 Å². The summed E-state index contributed by atoms with van der Waals surface area (Å²) in [6.07, 6.45) is 3.58. The molecular weight excluding hydrogens is 275 g/mol. The summed E-state index contributed by atoms with van der Waals surface area (Å²) in [4.78, 5) is 7.36. The van der Waals surface area contributed by atoms with Crippen molar-refractivity contribution in [1.29, 1.82) is 0 Å². The van der Waals surface area contributed by atoms with Crippen LogP contribution in [-0.4, -0.2) is 11.0 Å². The molecule has 3 atom stereocenters. The fraction of sp³-hybridized carbons (Fsp3) is 0.357. The lowest BCUT2D eigenvalue weighted by Gasteiger charge is -2.21. The molecule has 2 aromatic rings. The summed E-state index contributed by atoms with van der Waals surface area (Å²) in [6.45, 7) is 0. The Labute approximate surface area is 119 Å². The molecule has 1 fully saturated rings. The van der Waals surface area contributed by atoms with Crippen molar-refractivity contribution in [3.05, 3.63) is 62.7 Å². The smallest absolute Gasteiger partial charge is 0.123 e. The van der Waals surface area contributed by atoms with E-state index in [2.05, 4.69) is 15.0 Å². The third kappa shape index (κ3) is 2.40. The molecule has 102 valence electrons. The predicted octanol–water partition coefficient (Wildman–Crippen LogP) is 4.62. The van der Waals surface area contributed by atoms with Crippen LogP contribution in [0.5, 0.6) is 0 Å². The van der Waals surface area contributed by atoms with Gasteiger partial charge in [-0.25, -0.2) is 9.37 Å². The maximum Gasteiger partial charge on any atom is 0.123 e. The SMILES string of the molecule is [N-]=[N+]=NC1CCC(c2nccs2)C1c1ccc(F)cc1. The molecule has 6 heteroatoms. The minimum atomic E-state index is -0.252. The van der Waals surface area contributed by atoms with Crippen molar-refractivity contribution >= 4 is 11.3 Å². The second kappa shape index (κ2) is 5.61. The van der Waals surface area contributed by atoms with Gasteiger partial charge in [0.2, 0.25) is 0 Å². The molecule has 20 heavy (non-hydrogen) atoms. The molecule has 0 bridgehead atoms. The highest BCUT2D eigenvalue weighted by molar-refractivity contribution is 7.09. The Morgan fingerprint density at radius 2 is 2.10 bits per heavy atom. The van der Waals surface area contributed by atoms with E-state index in [9.17, 15) is 4.39 Å². The molecule has 0 N–H and O–H groups in total. The summed E-state index contributed by atoms with van der Waals surface area (Å²) >= 11 is 1.62. The van der Waals surface area contributed by atoms with Gasteiger partial charge in [-0.2, -0.15) is 0 Å². The standard InChI is InChI=1S/C14H13FN4S/c15-10-3-1-9(2-4-10)13-11(14-17-7-8-20-14)5-6-12(13)18-19-16/h1-4,7-8,11-13H,5-6H2. The topological polar surface area (TPSA) is 61.7 Å². The molecule has 0 saturated heterocycles. The number of aromatic nitrogens is 1. The van der Waals surface area contributed by atoms with Gasteiger partial charge in [-0.3, -0.25) is 0 Å². The fourth-order valence-electron chi connectivity index (χ4n) is 3.01. The molecule has 3 rings (SSSR count). The largest absolute Gasteiger partial charge is 0.249 e. The Morgan fingerprint density at radius 3 is 2.75 bits per heavy atom. The van der Waals surface area contributed by atoms with E-state index in [1.807, 2.05) is 5.38 Å². The molecule has 1 saturated carbocycles. The van der Waals surface area contributed by atoms with E-state index in [0.29, 0.717) is 0 Å². The Morgan fingerprint density at radius 1 is 1.30 bits per heavy atom. The minimum absolute atomic E-state index is 0.0812. The number of azide groups is 1. The molecule has 4 nitrogen and oxygen atoms in total. The van der Waals surface area contributed by atoms with Crippen LogP contribution in [-0.2, 0) is 0 Å². The summed E-state index contributed by atoms with van der Waals surface area (Å²) in [7, 11) is 0. The van der Waals surface area contributed by atoms with Crippen molar-refractivity contribution in [2.45, 2.75) is 30.7 Å². The van der Waals surface area contributed by atoms with Crippen LogP contribution in [0.25, 0.3) is 10.4 Å².